The molecule has 0 saturated carbocycles. The fourth-order valence-corrected chi connectivity index (χ4v) is 10.1. The van der Waals surface area contributed by atoms with Gasteiger partial charge in [-0.3, -0.25) is 0 Å². The van der Waals surface area contributed by atoms with Crippen LogP contribution in [0.2, 0.25) is 0 Å². The molecule has 0 unspecified atom stereocenters. The molecule has 0 radical (unpaired) electrons. The van der Waals surface area contributed by atoms with E-state index in [1.165, 1.54) is 22.3 Å². The minimum atomic E-state index is -1.45. The van der Waals surface area contributed by atoms with Crippen molar-refractivity contribution < 1.29 is 10.2 Å². The van der Waals surface area contributed by atoms with E-state index in [1.54, 1.807) is 23.5 Å². The Morgan fingerprint density at radius 2 is 0.673 bits per heavy atom. The molecule has 49 heavy (non-hydrogen) atoms. The summed E-state index contributed by atoms with van der Waals surface area (Å²) in [5.41, 5.74) is 4.43. The summed E-state index contributed by atoms with van der Waals surface area (Å²) >= 11 is 3.34. The first-order valence-corrected chi connectivity index (χ1v) is 18.0. The number of hydrogen-bond donors (Lipinski definition) is 2. The molecule has 0 bridgehead atoms. The van der Waals surface area contributed by atoms with Crippen LogP contribution < -0.4 is 0 Å². The van der Waals surface area contributed by atoms with Crippen LogP contribution in [-0.4, -0.2) is 10.2 Å². The van der Waals surface area contributed by atoms with Crippen molar-refractivity contribution in [2.75, 3.05) is 0 Å². The van der Waals surface area contributed by atoms with Gasteiger partial charge in [-0.15, -0.1) is 0 Å². The van der Waals surface area contributed by atoms with Crippen molar-refractivity contribution >= 4 is 23.5 Å². The van der Waals surface area contributed by atoms with Gasteiger partial charge in [0, 0.05) is 60.1 Å². The Bertz CT molecular complexity index is 2160. The second kappa shape index (κ2) is 11.6. The van der Waals surface area contributed by atoms with E-state index in [0.717, 1.165) is 41.8 Å². The molecule has 3 aliphatic rings. The van der Waals surface area contributed by atoms with Gasteiger partial charge in [0.15, 0.2) is 11.2 Å². The van der Waals surface area contributed by atoms with E-state index < -0.39 is 16.6 Å². The number of benzene rings is 6. The van der Waals surface area contributed by atoms with Crippen molar-refractivity contribution in [1.82, 2.24) is 0 Å². The second-order valence-corrected chi connectivity index (χ2v) is 14.9. The van der Waals surface area contributed by atoms with E-state index in [1.807, 2.05) is 97.1 Å². The molecule has 0 spiro atoms. The predicted molar refractivity (Wildman–Crippen MR) is 197 cm³/mol. The van der Waals surface area contributed by atoms with Gasteiger partial charge in [0.25, 0.3) is 0 Å². The van der Waals surface area contributed by atoms with Crippen LogP contribution in [0.25, 0.3) is 11.1 Å². The van der Waals surface area contributed by atoms with Gasteiger partial charge in [-0.1, -0.05) is 169 Å². The third-order valence-electron chi connectivity index (χ3n) is 10.0. The molecule has 0 saturated heterocycles. The fourth-order valence-electron chi connectivity index (χ4n) is 7.72. The zero-order valence-electron chi connectivity index (χ0n) is 26.5. The average molecular weight is 667 g/mol. The molecule has 0 amide bonds. The first-order valence-electron chi connectivity index (χ1n) is 16.4. The largest absolute Gasteiger partial charge is 0.369 e. The van der Waals surface area contributed by atoms with Gasteiger partial charge in [0.05, 0.1) is 0 Å². The minimum Gasteiger partial charge on any atom is -0.369 e. The maximum Gasteiger partial charge on any atom is 0.179 e. The molecule has 0 aromatic heterocycles. The highest BCUT2D eigenvalue weighted by Gasteiger charge is 2.44. The molecule has 2 aliphatic heterocycles. The summed E-state index contributed by atoms with van der Waals surface area (Å²) < 4.78 is 0. The summed E-state index contributed by atoms with van der Waals surface area (Å²) in [5, 5.41) is 24.9. The van der Waals surface area contributed by atoms with Crippen molar-refractivity contribution in [3.8, 4) is 34.8 Å². The van der Waals surface area contributed by atoms with Crippen LogP contribution in [0.3, 0.4) is 0 Å². The van der Waals surface area contributed by atoms with Crippen LogP contribution in [-0.2, 0) is 16.6 Å². The Morgan fingerprint density at radius 3 is 1.02 bits per heavy atom. The Kier molecular flexibility index (Phi) is 7.13. The lowest BCUT2D eigenvalue weighted by Crippen LogP contribution is -2.30. The van der Waals surface area contributed by atoms with Crippen molar-refractivity contribution in [3.05, 3.63) is 179 Å². The monoisotopic (exact) mass is 666 g/mol. The lowest BCUT2D eigenvalue weighted by Gasteiger charge is -2.33. The number of hydrogen-bond acceptors (Lipinski definition) is 4. The van der Waals surface area contributed by atoms with Gasteiger partial charge in [-0.25, -0.2) is 0 Å². The first kappa shape index (κ1) is 30.1. The Hall–Kier alpha value is -4.94. The zero-order chi connectivity index (χ0) is 33.1. The van der Waals surface area contributed by atoms with Crippen LogP contribution in [0.15, 0.2) is 165 Å². The van der Waals surface area contributed by atoms with Crippen LogP contribution in [0.5, 0.6) is 0 Å². The molecule has 0 atom stereocenters. The van der Waals surface area contributed by atoms with Crippen LogP contribution >= 0.6 is 23.5 Å². The predicted octanol–water partition coefficient (Wildman–Crippen LogP) is 9.54. The summed E-state index contributed by atoms with van der Waals surface area (Å²) in [6, 6.07) is 49.0. The van der Waals surface area contributed by atoms with Crippen LogP contribution in [0, 0.1) is 23.7 Å². The molecule has 0 fully saturated rings. The van der Waals surface area contributed by atoms with E-state index in [4.69, 9.17) is 0 Å². The summed E-state index contributed by atoms with van der Waals surface area (Å²) in [6.45, 7) is 0. The summed E-state index contributed by atoms with van der Waals surface area (Å²) in [6.07, 6.45) is 0.883. The molecule has 1 aliphatic carbocycles. The second-order valence-electron chi connectivity index (χ2n) is 12.7. The van der Waals surface area contributed by atoms with E-state index in [9.17, 15) is 10.2 Å². The standard InChI is InChI=1S/C45H30O2S2/c46-44(35-19-5-9-23-39(35)48-40-24-10-6-20-36(40)44)29-13-27-43(33-17-3-1-15-31(33)32-16-2-4-18-34(32)43)28-14-30-45(47)37-21-7-11-25-41(37)49-42-26-12-8-22-38(42)45/h1-12,15-26,46-47H,27-28H2. The zero-order valence-corrected chi connectivity index (χ0v) is 28.1. The molecule has 9 rings (SSSR count). The van der Waals surface area contributed by atoms with Crippen molar-refractivity contribution in [2.45, 2.75) is 49.0 Å². The summed E-state index contributed by atoms with van der Waals surface area (Å²) in [5.74, 6) is 13.8. The van der Waals surface area contributed by atoms with E-state index in [2.05, 4.69) is 72.2 Å². The lowest BCUT2D eigenvalue weighted by molar-refractivity contribution is 0.137. The van der Waals surface area contributed by atoms with Gasteiger partial charge in [0.2, 0.25) is 0 Å². The maximum absolute atomic E-state index is 12.4. The quantitative estimate of drug-likeness (QED) is 0.181. The molecule has 4 heteroatoms. The van der Waals surface area contributed by atoms with Crippen molar-refractivity contribution in [2.24, 2.45) is 0 Å². The molecular weight excluding hydrogens is 637 g/mol. The molecule has 2 heterocycles. The van der Waals surface area contributed by atoms with Crippen LogP contribution in [0.1, 0.15) is 46.2 Å². The number of fused-ring (bicyclic) bond motifs is 7. The Morgan fingerprint density at radius 1 is 0.388 bits per heavy atom. The highest BCUT2D eigenvalue weighted by molar-refractivity contribution is 7.99. The smallest absolute Gasteiger partial charge is 0.179 e. The summed E-state index contributed by atoms with van der Waals surface area (Å²) in [4.78, 5) is 4.04. The first-order chi connectivity index (χ1) is 24.0. The van der Waals surface area contributed by atoms with E-state index in [0.29, 0.717) is 12.8 Å². The van der Waals surface area contributed by atoms with Gasteiger partial charge in [-0.05, 0) is 46.5 Å². The Labute approximate surface area is 295 Å². The Balaban J connectivity index is 1.19. The topological polar surface area (TPSA) is 40.5 Å². The third kappa shape index (κ3) is 4.64. The number of rotatable bonds is 2. The molecule has 6 aromatic carbocycles. The normalized spacial score (nSPS) is 16.1. The fraction of sp³-hybridized carbons (Fsp3) is 0.111. The van der Waals surface area contributed by atoms with Gasteiger partial charge >= 0.3 is 0 Å². The van der Waals surface area contributed by atoms with Gasteiger partial charge < -0.3 is 10.2 Å². The van der Waals surface area contributed by atoms with Crippen molar-refractivity contribution in [3.63, 3.8) is 0 Å². The highest BCUT2D eigenvalue weighted by atomic mass is 32.2. The molecule has 2 N–H and O–H groups in total. The maximum atomic E-state index is 12.4. The number of aliphatic hydroxyl groups is 2. The lowest BCUT2D eigenvalue weighted by atomic mass is 9.72. The average Bonchev–Trinajstić information content (AvgIpc) is 3.41. The minimum absolute atomic E-state index is 0.441. The van der Waals surface area contributed by atoms with E-state index in [-0.39, 0.29) is 0 Å². The molecule has 234 valence electrons. The molecule has 2 nitrogen and oxygen atoms in total. The van der Waals surface area contributed by atoms with Crippen LogP contribution in [0.4, 0.5) is 0 Å². The van der Waals surface area contributed by atoms with E-state index >= 15 is 0 Å². The summed E-state index contributed by atoms with van der Waals surface area (Å²) in [7, 11) is 0. The van der Waals surface area contributed by atoms with Gasteiger partial charge in [0.1, 0.15) is 0 Å². The third-order valence-corrected chi connectivity index (χ3v) is 12.3. The SMILES string of the molecule is OC1(C#CCC2(CC#CC3(O)c4ccccc4Sc4ccccc43)c3ccccc3-c3ccccc32)c2ccccc2Sc2ccccc21. The molecule has 6 aromatic rings. The molecular formula is C45H30O2S2. The van der Waals surface area contributed by atoms with Gasteiger partial charge in [-0.2, -0.15) is 0 Å². The van der Waals surface area contributed by atoms with Crippen molar-refractivity contribution in [1.29, 1.82) is 0 Å². The highest BCUT2D eigenvalue weighted by Crippen LogP contribution is 2.54.